The number of rotatable bonds is 4. The summed E-state index contributed by atoms with van der Waals surface area (Å²) in [5.41, 5.74) is 1.06. The number of hydrogen-bond donors (Lipinski definition) is 1. The van der Waals surface area contributed by atoms with Gasteiger partial charge in [-0.15, -0.1) is 0 Å². The Morgan fingerprint density at radius 2 is 1.79 bits per heavy atom. The van der Waals surface area contributed by atoms with Gasteiger partial charge in [-0.3, -0.25) is 14.9 Å². The van der Waals surface area contributed by atoms with Gasteiger partial charge in [-0.2, -0.15) is 0 Å². The van der Waals surface area contributed by atoms with Crippen LogP contribution in [0.4, 0.5) is 17.1 Å². The molecule has 1 amide bonds. The number of benzene rings is 2. The third-order valence-corrected chi connectivity index (χ3v) is 3.81. The zero-order valence-electron chi connectivity index (χ0n) is 13.0. The van der Waals surface area contributed by atoms with Crippen molar-refractivity contribution in [2.75, 3.05) is 31.6 Å². The van der Waals surface area contributed by atoms with Crippen LogP contribution in [0.3, 0.4) is 0 Å². The SMILES string of the molecule is O=C(c1cccc([N+](=O)[O-])c1Nc1ccccc1)N1CCOCC1. The van der Waals surface area contributed by atoms with Gasteiger partial charge < -0.3 is 15.0 Å². The molecular formula is C17H17N3O4. The Morgan fingerprint density at radius 1 is 1.08 bits per heavy atom. The monoisotopic (exact) mass is 327 g/mol. The molecule has 24 heavy (non-hydrogen) atoms. The quantitative estimate of drug-likeness (QED) is 0.689. The van der Waals surface area contributed by atoms with Crippen molar-refractivity contribution in [1.29, 1.82) is 0 Å². The Labute approximate surface area is 139 Å². The molecule has 0 unspecified atom stereocenters. The third-order valence-electron chi connectivity index (χ3n) is 3.81. The number of nitrogens with zero attached hydrogens (tertiary/aromatic N) is 2. The molecule has 0 atom stereocenters. The number of amides is 1. The van der Waals surface area contributed by atoms with Crippen LogP contribution in [-0.2, 0) is 4.74 Å². The number of nitro groups is 1. The van der Waals surface area contributed by atoms with Gasteiger partial charge in [0.05, 0.1) is 23.7 Å². The number of anilines is 2. The van der Waals surface area contributed by atoms with Gasteiger partial charge in [0.2, 0.25) is 0 Å². The smallest absolute Gasteiger partial charge is 0.293 e. The summed E-state index contributed by atoms with van der Waals surface area (Å²) in [4.78, 5) is 25.3. The lowest BCUT2D eigenvalue weighted by Gasteiger charge is -2.27. The van der Waals surface area contributed by atoms with Crippen LogP contribution in [0.1, 0.15) is 10.4 Å². The fourth-order valence-electron chi connectivity index (χ4n) is 2.60. The minimum absolute atomic E-state index is 0.127. The molecular weight excluding hydrogens is 310 g/mol. The first-order valence-electron chi connectivity index (χ1n) is 7.63. The molecule has 1 saturated heterocycles. The summed E-state index contributed by atoms with van der Waals surface area (Å²) in [5.74, 6) is -0.236. The predicted molar refractivity (Wildman–Crippen MR) is 89.5 cm³/mol. The van der Waals surface area contributed by atoms with E-state index >= 15 is 0 Å². The minimum Gasteiger partial charge on any atom is -0.378 e. The van der Waals surface area contributed by atoms with E-state index in [2.05, 4.69) is 5.32 Å². The van der Waals surface area contributed by atoms with Crippen molar-refractivity contribution in [3.8, 4) is 0 Å². The molecule has 0 aliphatic carbocycles. The second-order valence-corrected chi connectivity index (χ2v) is 5.35. The van der Waals surface area contributed by atoms with E-state index in [1.54, 1.807) is 23.1 Å². The topological polar surface area (TPSA) is 84.7 Å². The summed E-state index contributed by atoms with van der Waals surface area (Å²) in [7, 11) is 0. The predicted octanol–water partition coefficient (Wildman–Crippen LogP) is 2.81. The maximum atomic E-state index is 12.8. The fraction of sp³-hybridized carbons (Fsp3) is 0.235. The first kappa shape index (κ1) is 15.9. The first-order valence-corrected chi connectivity index (χ1v) is 7.63. The normalized spacial score (nSPS) is 14.2. The van der Waals surface area contributed by atoms with Crippen LogP contribution >= 0.6 is 0 Å². The van der Waals surface area contributed by atoms with E-state index in [0.717, 1.165) is 0 Å². The molecule has 1 aliphatic heterocycles. The number of nitro benzene ring substituents is 1. The summed E-state index contributed by atoms with van der Waals surface area (Å²) in [6.45, 7) is 1.91. The Hall–Kier alpha value is -2.93. The molecule has 0 saturated carbocycles. The van der Waals surface area contributed by atoms with E-state index in [-0.39, 0.29) is 22.8 Å². The van der Waals surface area contributed by atoms with Crippen molar-refractivity contribution < 1.29 is 14.5 Å². The first-order chi connectivity index (χ1) is 11.7. The molecule has 2 aromatic rings. The number of para-hydroxylation sites is 2. The lowest BCUT2D eigenvalue weighted by Crippen LogP contribution is -2.40. The Morgan fingerprint density at radius 3 is 2.46 bits per heavy atom. The highest BCUT2D eigenvalue weighted by molar-refractivity contribution is 6.02. The van der Waals surface area contributed by atoms with Gasteiger partial charge in [-0.1, -0.05) is 24.3 Å². The standard InChI is InChI=1S/C17H17N3O4/c21-17(19-9-11-24-12-10-19)14-7-4-8-15(20(22)23)16(14)18-13-5-2-1-3-6-13/h1-8,18H,9-12H2. The lowest BCUT2D eigenvalue weighted by atomic mass is 10.1. The summed E-state index contributed by atoms with van der Waals surface area (Å²) >= 11 is 0. The van der Waals surface area contributed by atoms with Crippen LogP contribution in [0, 0.1) is 10.1 Å². The summed E-state index contributed by atoms with van der Waals surface area (Å²) in [6, 6.07) is 13.6. The Bertz CT molecular complexity index is 743. The lowest BCUT2D eigenvalue weighted by molar-refractivity contribution is -0.383. The number of carbonyl (C=O) groups is 1. The van der Waals surface area contributed by atoms with E-state index in [1.165, 1.54) is 12.1 Å². The van der Waals surface area contributed by atoms with Crippen molar-refractivity contribution in [2.45, 2.75) is 0 Å². The fourth-order valence-corrected chi connectivity index (χ4v) is 2.60. The summed E-state index contributed by atoms with van der Waals surface area (Å²) in [5, 5.41) is 14.4. The second-order valence-electron chi connectivity index (χ2n) is 5.35. The number of ether oxygens (including phenoxy) is 1. The molecule has 1 N–H and O–H groups in total. The van der Waals surface area contributed by atoms with Gasteiger partial charge in [0.1, 0.15) is 5.69 Å². The average molecular weight is 327 g/mol. The molecule has 3 rings (SSSR count). The van der Waals surface area contributed by atoms with Crippen molar-refractivity contribution in [3.63, 3.8) is 0 Å². The second kappa shape index (κ2) is 7.10. The van der Waals surface area contributed by atoms with Crippen LogP contribution in [0.15, 0.2) is 48.5 Å². The van der Waals surface area contributed by atoms with Gasteiger partial charge >= 0.3 is 0 Å². The van der Waals surface area contributed by atoms with Crippen molar-refractivity contribution in [1.82, 2.24) is 4.90 Å². The Kier molecular flexibility index (Phi) is 4.72. The Balaban J connectivity index is 2.00. The number of carbonyl (C=O) groups excluding carboxylic acids is 1. The zero-order chi connectivity index (χ0) is 16.9. The maximum Gasteiger partial charge on any atom is 0.293 e. The molecule has 7 heteroatoms. The zero-order valence-corrected chi connectivity index (χ0v) is 13.0. The van der Waals surface area contributed by atoms with E-state index in [1.807, 2.05) is 18.2 Å². The highest BCUT2D eigenvalue weighted by Crippen LogP contribution is 2.32. The third kappa shape index (κ3) is 3.36. The van der Waals surface area contributed by atoms with Crippen molar-refractivity contribution in [3.05, 3.63) is 64.2 Å². The maximum absolute atomic E-state index is 12.8. The molecule has 0 bridgehead atoms. The summed E-state index contributed by atoms with van der Waals surface area (Å²) < 4.78 is 5.26. The van der Waals surface area contributed by atoms with Crippen LogP contribution in [0.5, 0.6) is 0 Å². The van der Waals surface area contributed by atoms with E-state index in [4.69, 9.17) is 4.74 Å². The van der Waals surface area contributed by atoms with E-state index < -0.39 is 4.92 Å². The van der Waals surface area contributed by atoms with Crippen LogP contribution in [-0.4, -0.2) is 42.0 Å². The van der Waals surface area contributed by atoms with Crippen molar-refractivity contribution in [2.24, 2.45) is 0 Å². The largest absolute Gasteiger partial charge is 0.378 e. The van der Waals surface area contributed by atoms with Gasteiger partial charge in [0, 0.05) is 24.8 Å². The van der Waals surface area contributed by atoms with Crippen molar-refractivity contribution >= 4 is 23.0 Å². The van der Waals surface area contributed by atoms with Gasteiger partial charge in [-0.05, 0) is 18.2 Å². The molecule has 1 aliphatic rings. The molecule has 0 radical (unpaired) electrons. The van der Waals surface area contributed by atoms with Gasteiger partial charge in [0.25, 0.3) is 11.6 Å². The summed E-state index contributed by atoms with van der Waals surface area (Å²) in [6.07, 6.45) is 0. The highest BCUT2D eigenvalue weighted by Gasteiger charge is 2.26. The molecule has 1 fully saturated rings. The minimum atomic E-state index is -0.485. The van der Waals surface area contributed by atoms with Crippen LogP contribution in [0.2, 0.25) is 0 Å². The number of nitrogens with one attached hydrogen (secondary N) is 1. The van der Waals surface area contributed by atoms with Gasteiger partial charge in [0.15, 0.2) is 0 Å². The number of morpholine rings is 1. The van der Waals surface area contributed by atoms with E-state index in [0.29, 0.717) is 32.0 Å². The molecule has 0 spiro atoms. The molecule has 124 valence electrons. The van der Waals surface area contributed by atoms with Crippen LogP contribution in [0.25, 0.3) is 0 Å². The average Bonchev–Trinajstić information content (AvgIpc) is 2.63. The molecule has 2 aromatic carbocycles. The molecule has 0 aromatic heterocycles. The van der Waals surface area contributed by atoms with Crippen LogP contribution < -0.4 is 5.32 Å². The van der Waals surface area contributed by atoms with E-state index in [9.17, 15) is 14.9 Å². The molecule has 7 nitrogen and oxygen atoms in total. The molecule has 1 heterocycles. The van der Waals surface area contributed by atoms with Gasteiger partial charge in [-0.25, -0.2) is 0 Å². The highest BCUT2D eigenvalue weighted by atomic mass is 16.6. The number of hydrogen-bond acceptors (Lipinski definition) is 5.